The van der Waals surface area contributed by atoms with Crippen molar-refractivity contribution in [3.8, 4) is 0 Å². The van der Waals surface area contributed by atoms with Gasteiger partial charge in [-0.3, -0.25) is 14.1 Å². The maximum atomic E-state index is 8.74. The summed E-state index contributed by atoms with van der Waals surface area (Å²) in [5, 5.41) is 1.40. The second-order valence-electron chi connectivity index (χ2n) is 2.34. The van der Waals surface area contributed by atoms with E-state index >= 15 is 0 Å². The summed E-state index contributed by atoms with van der Waals surface area (Å²) in [5.41, 5.74) is 11.4. The average Bonchev–Trinajstić information content (AvgIpc) is 1.97. The Morgan fingerprint density at radius 3 is 2.07 bits per heavy atom. The summed E-state index contributed by atoms with van der Waals surface area (Å²) in [6.45, 7) is 0.631. The van der Waals surface area contributed by atoms with E-state index in [-0.39, 0.29) is 0 Å². The molecule has 0 amide bonds. The molecule has 0 saturated heterocycles. The molecule has 0 unspecified atom stereocenters. The number of hydrogen-bond acceptors (Lipinski definition) is 6. The molecule has 1 heterocycles. The smallest absolute Gasteiger partial charge is 0.394 e. The quantitative estimate of drug-likeness (QED) is 0.237. The van der Waals surface area contributed by atoms with Crippen LogP contribution in [0.5, 0.6) is 0 Å². The van der Waals surface area contributed by atoms with Gasteiger partial charge in [-0.05, 0) is 6.08 Å². The Morgan fingerprint density at radius 1 is 1.36 bits per heavy atom. The molecule has 0 aromatic carbocycles. The molecule has 9 heteroatoms. The zero-order valence-corrected chi connectivity index (χ0v) is 7.98. The molecule has 0 spiro atoms. The summed E-state index contributed by atoms with van der Waals surface area (Å²) in [7, 11) is -4.67. The molecule has 8 N–H and O–H groups in total. The minimum Gasteiger partial charge on any atom is -0.396 e. The molecular formula is C5H12N4O4S. The van der Waals surface area contributed by atoms with E-state index in [1.54, 1.807) is 6.08 Å². The third kappa shape index (κ3) is 6.25. The van der Waals surface area contributed by atoms with Crippen molar-refractivity contribution in [2.75, 3.05) is 6.54 Å². The van der Waals surface area contributed by atoms with Gasteiger partial charge in [0.25, 0.3) is 0 Å². The summed E-state index contributed by atoms with van der Waals surface area (Å²) >= 11 is 0. The summed E-state index contributed by atoms with van der Waals surface area (Å²) in [4.78, 5) is 0. The van der Waals surface area contributed by atoms with Crippen molar-refractivity contribution in [3.63, 3.8) is 0 Å². The topological polar surface area (TPSA) is 156 Å². The van der Waals surface area contributed by atoms with Crippen LogP contribution in [0.25, 0.3) is 0 Å². The highest BCUT2D eigenvalue weighted by atomic mass is 32.3. The molecule has 82 valence electrons. The average molecular weight is 224 g/mol. The van der Waals surface area contributed by atoms with Crippen molar-refractivity contribution in [3.05, 3.63) is 23.7 Å². The highest BCUT2D eigenvalue weighted by Gasteiger charge is 2.05. The van der Waals surface area contributed by atoms with Crippen LogP contribution in [0.1, 0.15) is 0 Å². The number of rotatable bonds is 0. The first-order chi connectivity index (χ1) is 6.22. The van der Waals surface area contributed by atoms with Crippen LogP contribution in [0.2, 0.25) is 0 Å². The summed E-state index contributed by atoms with van der Waals surface area (Å²) < 4.78 is 31.6. The second kappa shape index (κ2) is 4.81. The second-order valence-corrected chi connectivity index (χ2v) is 3.24. The van der Waals surface area contributed by atoms with Crippen LogP contribution >= 0.6 is 0 Å². The Balaban J connectivity index is 0.000000292. The van der Waals surface area contributed by atoms with Crippen molar-refractivity contribution in [2.45, 2.75) is 0 Å². The molecule has 0 bridgehead atoms. The van der Waals surface area contributed by atoms with Crippen LogP contribution in [0.3, 0.4) is 0 Å². The predicted molar refractivity (Wildman–Crippen MR) is 49.6 cm³/mol. The van der Waals surface area contributed by atoms with Gasteiger partial charge in [-0.15, -0.1) is 0 Å². The summed E-state index contributed by atoms with van der Waals surface area (Å²) in [6.07, 6.45) is 3.60. The fraction of sp³-hybridized carbons (Fsp3) is 0.200. The minimum absolute atomic E-state index is 0.442. The van der Waals surface area contributed by atoms with Gasteiger partial charge in [0.1, 0.15) is 5.82 Å². The Bertz CT molecular complexity index is 339. The van der Waals surface area contributed by atoms with E-state index < -0.39 is 10.4 Å². The number of hydrogen-bond donors (Lipinski definition) is 5. The van der Waals surface area contributed by atoms with Crippen LogP contribution < -0.4 is 17.3 Å². The molecule has 0 fully saturated rings. The summed E-state index contributed by atoms with van der Waals surface area (Å²) in [6, 6.07) is 0. The van der Waals surface area contributed by atoms with Gasteiger partial charge in [0, 0.05) is 0 Å². The maximum absolute atomic E-state index is 8.74. The van der Waals surface area contributed by atoms with Crippen molar-refractivity contribution >= 4 is 10.4 Å². The van der Waals surface area contributed by atoms with Gasteiger partial charge >= 0.3 is 10.4 Å². The third-order valence-electron chi connectivity index (χ3n) is 1.20. The monoisotopic (exact) mass is 224 g/mol. The number of hydrazine groups is 1. The van der Waals surface area contributed by atoms with Crippen molar-refractivity contribution in [2.24, 2.45) is 17.3 Å². The molecule has 1 aliphatic rings. The fourth-order valence-electron chi connectivity index (χ4n) is 0.643. The van der Waals surface area contributed by atoms with Gasteiger partial charge < -0.3 is 11.5 Å². The minimum atomic E-state index is -4.67. The van der Waals surface area contributed by atoms with E-state index in [0.29, 0.717) is 18.1 Å². The molecular weight excluding hydrogens is 212 g/mol. The molecule has 8 nitrogen and oxygen atoms in total. The van der Waals surface area contributed by atoms with Gasteiger partial charge in [-0.2, -0.15) is 8.42 Å². The van der Waals surface area contributed by atoms with E-state index in [1.165, 1.54) is 5.01 Å². The lowest BCUT2D eigenvalue weighted by Crippen LogP contribution is -2.38. The van der Waals surface area contributed by atoms with Crippen molar-refractivity contribution in [1.82, 2.24) is 5.01 Å². The molecule has 0 aromatic rings. The van der Waals surface area contributed by atoms with E-state index in [9.17, 15) is 0 Å². The largest absolute Gasteiger partial charge is 0.396 e. The molecule has 0 radical (unpaired) electrons. The molecule has 0 atom stereocenters. The molecule has 0 aromatic heterocycles. The molecule has 0 aliphatic carbocycles. The van der Waals surface area contributed by atoms with E-state index in [4.69, 9.17) is 34.8 Å². The van der Waals surface area contributed by atoms with E-state index in [2.05, 4.69) is 0 Å². The third-order valence-corrected chi connectivity index (χ3v) is 1.20. The molecule has 14 heavy (non-hydrogen) atoms. The first kappa shape index (κ1) is 12.7. The number of allylic oxidation sites excluding steroid dienone is 1. The molecule has 1 aliphatic heterocycles. The van der Waals surface area contributed by atoms with Gasteiger partial charge in [-0.25, -0.2) is 5.84 Å². The highest BCUT2D eigenvalue weighted by molar-refractivity contribution is 7.79. The lowest BCUT2D eigenvalue weighted by molar-refractivity contribution is 0.381. The first-order valence-corrected chi connectivity index (χ1v) is 4.75. The normalized spacial score (nSPS) is 16.4. The molecule has 0 saturated carbocycles. The first-order valence-electron chi connectivity index (χ1n) is 3.35. The SMILES string of the molecule is NC1=C(N)N(N)CC=C1.O=S(=O)(O)O. The Labute approximate surface area is 81.2 Å². The zero-order chi connectivity index (χ0) is 11.4. The Morgan fingerprint density at radius 2 is 1.79 bits per heavy atom. The fourth-order valence-corrected chi connectivity index (χ4v) is 0.643. The van der Waals surface area contributed by atoms with Crippen molar-refractivity contribution < 1.29 is 17.5 Å². The highest BCUT2D eigenvalue weighted by Crippen LogP contribution is 2.02. The van der Waals surface area contributed by atoms with Gasteiger partial charge in [0.05, 0.1) is 12.2 Å². The lowest BCUT2D eigenvalue weighted by Gasteiger charge is -2.20. The molecule has 1 rings (SSSR count). The Kier molecular flexibility index (Phi) is 4.37. The lowest BCUT2D eigenvalue weighted by atomic mass is 10.3. The standard InChI is InChI=1S/C5H10N4.H2O4S/c6-4-2-1-3-9(8)5(4)7;1-5(2,3)4/h1-2H,3,6-8H2;(H2,1,2,3,4). The maximum Gasteiger partial charge on any atom is 0.394 e. The number of nitrogens with two attached hydrogens (primary N) is 3. The van der Waals surface area contributed by atoms with Crippen LogP contribution in [0.15, 0.2) is 23.7 Å². The van der Waals surface area contributed by atoms with Crippen LogP contribution in [-0.4, -0.2) is 29.1 Å². The summed E-state index contributed by atoms with van der Waals surface area (Å²) in [5.74, 6) is 5.83. The predicted octanol–water partition coefficient (Wildman–Crippen LogP) is -1.83. The van der Waals surface area contributed by atoms with E-state index in [0.717, 1.165) is 0 Å². The van der Waals surface area contributed by atoms with Gasteiger partial charge in [0.15, 0.2) is 0 Å². The van der Waals surface area contributed by atoms with Gasteiger partial charge in [0.2, 0.25) is 0 Å². The van der Waals surface area contributed by atoms with Crippen molar-refractivity contribution in [1.29, 1.82) is 0 Å². The van der Waals surface area contributed by atoms with Gasteiger partial charge in [-0.1, -0.05) is 6.08 Å². The van der Waals surface area contributed by atoms with E-state index in [1.807, 2.05) is 6.08 Å². The van der Waals surface area contributed by atoms with Crippen LogP contribution in [-0.2, 0) is 10.4 Å². The van der Waals surface area contributed by atoms with Crippen LogP contribution in [0.4, 0.5) is 0 Å². The Hall–Kier alpha value is -1.29. The van der Waals surface area contributed by atoms with Crippen LogP contribution in [0, 0.1) is 0 Å². The number of nitrogens with zero attached hydrogens (tertiary/aromatic N) is 1. The zero-order valence-electron chi connectivity index (χ0n) is 7.16.